The first-order valence-corrected chi connectivity index (χ1v) is 9.15. The number of hydrogen-bond donors (Lipinski definition) is 0. The van der Waals surface area contributed by atoms with E-state index < -0.39 is 14.6 Å². The fourth-order valence-corrected chi connectivity index (χ4v) is 6.02. The summed E-state index contributed by atoms with van der Waals surface area (Å²) in [6.07, 6.45) is 1.63. The number of rotatable bonds is 4. The summed E-state index contributed by atoms with van der Waals surface area (Å²) < 4.78 is 29.5. The highest BCUT2D eigenvalue weighted by Crippen LogP contribution is 2.47. The van der Waals surface area contributed by atoms with Crippen molar-refractivity contribution in [3.63, 3.8) is 0 Å². The molecule has 1 saturated carbocycles. The number of carbonyl (C=O) groups is 1. The van der Waals surface area contributed by atoms with E-state index >= 15 is 0 Å². The first-order valence-electron chi connectivity index (χ1n) is 7.50. The Morgan fingerprint density at radius 1 is 1.40 bits per heavy atom. The van der Waals surface area contributed by atoms with Crippen molar-refractivity contribution in [2.75, 3.05) is 32.1 Å². The van der Waals surface area contributed by atoms with E-state index in [1.165, 1.54) is 0 Å². The van der Waals surface area contributed by atoms with E-state index in [-0.39, 0.29) is 23.5 Å². The highest BCUT2D eigenvalue weighted by molar-refractivity contribution is 7.93. The van der Waals surface area contributed by atoms with Crippen LogP contribution in [0.2, 0.25) is 0 Å². The molecule has 20 heavy (non-hydrogen) atoms. The maximum Gasteiger partial charge on any atom is 0.226 e. The predicted octanol–water partition coefficient (Wildman–Crippen LogP) is 0.695. The number of hydrogen-bond acceptors (Lipinski definition) is 4. The molecule has 6 heteroatoms. The number of carbonyl (C=O) groups excluding carboxylic acids is 1. The lowest BCUT2D eigenvalue weighted by Crippen LogP contribution is -2.69. The molecule has 0 aromatic rings. The summed E-state index contributed by atoms with van der Waals surface area (Å²) in [7, 11) is -3.09. The predicted molar refractivity (Wildman–Crippen MR) is 75.0 cm³/mol. The van der Waals surface area contributed by atoms with Gasteiger partial charge in [-0.2, -0.15) is 0 Å². The average molecular weight is 301 g/mol. The van der Waals surface area contributed by atoms with Gasteiger partial charge in [0.05, 0.1) is 12.4 Å². The molecule has 1 aliphatic carbocycles. The van der Waals surface area contributed by atoms with Crippen molar-refractivity contribution in [3.05, 3.63) is 0 Å². The van der Waals surface area contributed by atoms with E-state index in [1.807, 2.05) is 6.92 Å². The van der Waals surface area contributed by atoms with Crippen LogP contribution in [-0.2, 0) is 19.4 Å². The summed E-state index contributed by atoms with van der Waals surface area (Å²) in [4.78, 5) is 13.9. The minimum atomic E-state index is -3.09. The molecule has 2 heterocycles. The second kappa shape index (κ2) is 4.70. The lowest BCUT2D eigenvalue weighted by Gasteiger charge is -2.50. The summed E-state index contributed by atoms with van der Waals surface area (Å²) in [5.74, 6) is 1.06. The van der Waals surface area contributed by atoms with E-state index in [0.717, 1.165) is 6.42 Å². The molecule has 2 aliphatic heterocycles. The molecule has 3 aliphatic rings. The Kier molecular flexibility index (Phi) is 3.36. The molecule has 0 N–H and O–H groups in total. The van der Waals surface area contributed by atoms with E-state index in [9.17, 15) is 13.2 Å². The van der Waals surface area contributed by atoms with Crippen LogP contribution in [0.4, 0.5) is 0 Å². The molecule has 3 atom stereocenters. The Morgan fingerprint density at radius 3 is 2.60 bits per heavy atom. The van der Waals surface area contributed by atoms with Crippen molar-refractivity contribution >= 4 is 15.7 Å². The molecular formula is C14H23NO4S. The lowest BCUT2D eigenvalue weighted by molar-refractivity contribution is -0.139. The largest absolute Gasteiger partial charge is 0.381 e. The van der Waals surface area contributed by atoms with Crippen LogP contribution in [-0.4, -0.2) is 56.0 Å². The van der Waals surface area contributed by atoms with Crippen molar-refractivity contribution in [3.8, 4) is 0 Å². The zero-order valence-corrected chi connectivity index (χ0v) is 13.0. The molecule has 3 fully saturated rings. The first-order chi connectivity index (χ1) is 9.41. The molecular weight excluding hydrogens is 278 g/mol. The molecule has 0 bridgehead atoms. The summed E-state index contributed by atoms with van der Waals surface area (Å²) in [6, 6.07) is 0. The van der Waals surface area contributed by atoms with E-state index in [2.05, 4.69) is 6.92 Å². The molecule has 3 rings (SSSR count). The smallest absolute Gasteiger partial charge is 0.226 e. The van der Waals surface area contributed by atoms with Crippen LogP contribution >= 0.6 is 0 Å². The van der Waals surface area contributed by atoms with E-state index in [4.69, 9.17) is 4.74 Å². The van der Waals surface area contributed by atoms with E-state index in [0.29, 0.717) is 38.6 Å². The van der Waals surface area contributed by atoms with Crippen LogP contribution < -0.4 is 0 Å². The van der Waals surface area contributed by atoms with E-state index in [1.54, 1.807) is 4.90 Å². The van der Waals surface area contributed by atoms with Gasteiger partial charge in [0.15, 0.2) is 9.84 Å². The standard InChI is InChI=1S/C14H23NO4S/c1-3-19-7-11-4-5-20(17,18)14(11)8-15(9-14)13(16)12-6-10(12)2/h10-12H,3-9H2,1-2H3/t10-,11-,12+/m0/s1. The lowest BCUT2D eigenvalue weighted by atomic mass is 9.83. The second-order valence-electron chi connectivity index (χ2n) is 6.54. The van der Waals surface area contributed by atoms with Gasteiger partial charge in [0.2, 0.25) is 5.91 Å². The molecule has 0 aromatic heterocycles. The van der Waals surface area contributed by atoms with Crippen molar-refractivity contribution in [2.45, 2.75) is 31.4 Å². The molecule has 1 amide bonds. The second-order valence-corrected chi connectivity index (χ2v) is 8.99. The van der Waals surface area contributed by atoms with Gasteiger partial charge in [-0.05, 0) is 25.7 Å². The van der Waals surface area contributed by atoms with Crippen LogP contribution in [0.25, 0.3) is 0 Å². The quantitative estimate of drug-likeness (QED) is 0.766. The third-order valence-corrected chi connectivity index (χ3v) is 7.88. The third-order valence-electron chi connectivity index (χ3n) is 5.28. The summed E-state index contributed by atoms with van der Waals surface area (Å²) in [6.45, 7) is 5.86. The van der Waals surface area contributed by atoms with Crippen molar-refractivity contribution in [2.24, 2.45) is 17.8 Å². The van der Waals surface area contributed by atoms with Crippen molar-refractivity contribution in [1.82, 2.24) is 4.90 Å². The highest BCUT2D eigenvalue weighted by atomic mass is 32.2. The third kappa shape index (κ3) is 1.99. The summed E-state index contributed by atoms with van der Waals surface area (Å²) in [5, 5.41) is 0. The average Bonchev–Trinajstić information content (AvgIpc) is 2.99. The molecule has 2 saturated heterocycles. The number of amides is 1. The Labute approximate surface area is 120 Å². The van der Waals surface area contributed by atoms with Crippen LogP contribution in [0, 0.1) is 17.8 Å². The van der Waals surface area contributed by atoms with Gasteiger partial charge in [0, 0.05) is 31.5 Å². The maximum atomic E-state index is 12.4. The van der Waals surface area contributed by atoms with Gasteiger partial charge in [0.25, 0.3) is 0 Å². The van der Waals surface area contributed by atoms with Gasteiger partial charge in [-0.3, -0.25) is 4.79 Å². The van der Waals surface area contributed by atoms with Crippen LogP contribution in [0.5, 0.6) is 0 Å². The van der Waals surface area contributed by atoms with Gasteiger partial charge in [0.1, 0.15) is 4.75 Å². The van der Waals surface area contributed by atoms with Gasteiger partial charge in [-0.1, -0.05) is 6.92 Å². The first kappa shape index (κ1) is 14.3. The zero-order valence-electron chi connectivity index (χ0n) is 12.2. The highest BCUT2D eigenvalue weighted by Gasteiger charge is 2.63. The van der Waals surface area contributed by atoms with Gasteiger partial charge in [-0.15, -0.1) is 0 Å². The Morgan fingerprint density at radius 2 is 2.05 bits per heavy atom. The molecule has 114 valence electrons. The fraction of sp³-hybridized carbons (Fsp3) is 0.929. The van der Waals surface area contributed by atoms with Crippen LogP contribution in [0.15, 0.2) is 0 Å². The summed E-state index contributed by atoms with van der Waals surface area (Å²) >= 11 is 0. The minimum Gasteiger partial charge on any atom is -0.381 e. The van der Waals surface area contributed by atoms with Crippen LogP contribution in [0.1, 0.15) is 26.7 Å². The number of ether oxygens (including phenoxy) is 1. The van der Waals surface area contributed by atoms with Crippen molar-refractivity contribution < 1.29 is 17.9 Å². The maximum absolute atomic E-state index is 12.4. The topological polar surface area (TPSA) is 63.7 Å². The van der Waals surface area contributed by atoms with Crippen LogP contribution in [0.3, 0.4) is 0 Å². The van der Waals surface area contributed by atoms with Crippen molar-refractivity contribution in [1.29, 1.82) is 0 Å². The Balaban J connectivity index is 1.69. The Hall–Kier alpha value is -0.620. The van der Waals surface area contributed by atoms with Gasteiger partial charge >= 0.3 is 0 Å². The number of sulfone groups is 1. The SMILES string of the molecule is CCOC[C@@H]1CCS(=O)(=O)C12CN(C(=O)[C@@H]1C[C@@H]1C)C2. The molecule has 1 spiro atoms. The monoisotopic (exact) mass is 301 g/mol. The molecule has 0 aromatic carbocycles. The fourth-order valence-electron chi connectivity index (χ4n) is 3.62. The number of nitrogens with zero attached hydrogens (tertiary/aromatic N) is 1. The zero-order chi connectivity index (χ0) is 14.5. The number of likely N-dealkylation sites (tertiary alicyclic amines) is 1. The Bertz CT molecular complexity index is 509. The van der Waals surface area contributed by atoms with Gasteiger partial charge in [-0.25, -0.2) is 8.42 Å². The molecule has 0 radical (unpaired) electrons. The van der Waals surface area contributed by atoms with Gasteiger partial charge < -0.3 is 9.64 Å². The molecule has 5 nitrogen and oxygen atoms in total. The minimum absolute atomic E-state index is 0.0492. The summed E-state index contributed by atoms with van der Waals surface area (Å²) in [5.41, 5.74) is 0. The normalized spacial score (nSPS) is 36.9. The molecule has 0 unspecified atom stereocenters.